The first kappa shape index (κ1) is 15.8. The van der Waals surface area contributed by atoms with Gasteiger partial charge in [0.2, 0.25) is 0 Å². The molecule has 0 radical (unpaired) electrons. The molecule has 0 aliphatic carbocycles. The van der Waals surface area contributed by atoms with Crippen molar-refractivity contribution in [3.8, 4) is 0 Å². The minimum absolute atomic E-state index is 0.216. The molecule has 0 fully saturated rings. The van der Waals surface area contributed by atoms with Crippen LogP contribution in [-0.2, 0) is 19.9 Å². The minimum atomic E-state index is 0.216. The van der Waals surface area contributed by atoms with Gasteiger partial charge in [-0.15, -0.1) is 0 Å². The number of aromatic nitrogens is 2. The fraction of sp³-hybridized carbons (Fsp3) is 0.500. The highest BCUT2D eigenvalue weighted by Crippen LogP contribution is 2.23. The molecule has 2 rings (SSSR count). The Bertz CT molecular complexity index is 554. The van der Waals surface area contributed by atoms with Crippen molar-refractivity contribution in [2.24, 2.45) is 7.05 Å². The predicted molar refractivity (Wildman–Crippen MR) is 88.5 cm³/mol. The molecule has 1 atom stereocenters. The standard InChI is InChI=1S/C18H27N3/c1-5-12-19-18(15-10-8-14(6-2)9-11-15)17-13-16(7-3)20-21(17)4/h8-11,13,18-19H,5-7,12H2,1-4H3. The van der Waals surface area contributed by atoms with E-state index >= 15 is 0 Å². The largest absolute Gasteiger partial charge is 0.305 e. The number of benzene rings is 1. The average molecular weight is 285 g/mol. The summed E-state index contributed by atoms with van der Waals surface area (Å²) >= 11 is 0. The van der Waals surface area contributed by atoms with E-state index in [2.05, 4.69) is 61.5 Å². The molecule has 0 saturated heterocycles. The van der Waals surface area contributed by atoms with Gasteiger partial charge in [-0.25, -0.2) is 0 Å². The molecule has 0 saturated carbocycles. The van der Waals surface area contributed by atoms with E-state index in [0.29, 0.717) is 0 Å². The Morgan fingerprint density at radius 3 is 2.33 bits per heavy atom. The van der Waals surface area contributed by atoms with Crippen molar-refractivity contribution in [3.05, 3.63) is 52.8 Å². The Hall–Kier alpha value is -1.61. The summed E-state index contributed by atoms with van der Waals surface area (Å²) in [6.07, 6.45) is 3.18. The first-order chi connectivity index (χ1) is 10.2. The van der Waals surface area contributed by atoms with Gasteiger partial charge in [0.25, 0.3) is 0 Å². The normalized spacial score (nSPS) is 12.6. The molecule has 1 heterocycles. The van der Waals surface area contributed by atoms with Crippen LogP contribution in [0.3, 0.4) is 0 Å². The summed E-state index contributed by atoms with van der Waals surface area (Å²) in [5.41, 5.74) is 5.09. The van der Waals surface area contributed by atoms with Crippen molar-refractivity contribution in [2.75, 3.05) is 6.54 Å². The Morgan fingerprint density at radius 2 is 1.81 bits per heavy atom. The highest BCUT2D eigenvalue weighted by Gasteiger charge is 2.18. The van der Waals surface area contributed by atoms with E-state index in [1.54, 1.807) is 0 Å². The highest BCUT2D eigenvalue weighted by atomic mass is 15.3. The first-order valence-corrected chi connectivity index (χ1v) is 8.04. The summed E-state index contributed by atoms with van der Waals surface area (Å²) in [5, 5.41) is 8.25. The van der Waals surface area contributed by atoms with Gasteiger partial charge < -0.3 is 5.32 Å². The lowest BCUT2D eigenvalue weighted by atomic mass is 10.0. The molecule has 1 aromatic heterocycles. The average Bonchev–Trinajstić information content (AvgIpc) is 2.89. The lowest BCUT2D eigenvalue weighted by Gasteiger charge is -2.19. The monoisotopic (exact) mass is 285 g/mol. The number of nitrogens with zero attached hydrogens (tertiary/aromatic N) is 2. The highest BCUT2D eigenvalue weighted by molar-refractivity contribution is 5.31. The molecule has 0 aliphatic heterocycles. The SMILES string of the molecule is CCCNC(c1ccc(CC)cc1)c1cc(CC)nn1C. The van der Waals surface area contributed by atoms with Crippen molar-refractivity contribution in [2.45, 2.75) is 46.1 Å². The molecule has 3 nitrogen and oxygen atoms in total. The summed E-state index contributed by atoms with van der Waals surface area (Å²) in [7, 11) is 2.04. The number of nitrogens with one attached hydrogen (secondary N) is 1. The summed E-state index contributed by atoms with van der Waals surface area (Å²) < 4.78 is 2.01. The van der Waals surface area contributed by atoms with Crippen LogP contribution in [-0.4, -0.2) is 16.3 Å². The van der Waals surface area contributed by atoms with Gasteiger partial charge in [0.15, 0.2) is 0 Å². The molecule has 0 amide bonds. The zero-order chi connectivity index (χ0) is 15.2. The Morgan fingerprint density at radius 1 is 1.10 bits per heavy atom. The zero-order valence-corrected chi connectivity index (χ0v) is 13.7. The van der Waals surface area contributed by atoms with E-state index in [0.717, 1.165) is 31.5 Å². The molecule has 2 aromatic rings. The smallest absolute Gasteiger partial charge is 0.0748 e. The first-order valence-electron chi connectivity index (χ1n) is 8.04. The van der Waals surface area contributed by atoms with Crippen molar-refractivity contribution >= 4 is 0 Å². The van der Waals surface area contributed by atoms with E-state index < -0.39 is 0 Å². The zero-order valence-electron chi connectivity index (χ0n) is 13.7. The van der Waals surface area contributed by atoms with Gasteiger partial charge >= 0.3 is 0 Å². The third-order valence-electron chi connectivity index (χ3n) is 3.94. The van der Waals surface area contributed by atoms with Crippen LogP contribution >= 0.6 is 0 Å². The molecule has 1 N–H and O–H groups in total. The minimum Gasteiger partial charge on any atom is -0.305 e. The van der Waals surface area contributed by atoms with Crippen LogP contribution in [0.25, 0.3) is 0 Å². The Balaban J connectivity index is 2.33. The van der Waals surface area contributed by atoms with E-state index in [-0.39, 0.29) is 6.04 Å². The summed E-state index contributed by atoms with van der Waals surface area (Å²) in [4.78, 5) is 0. The fourth-order valence-corrected chi connectivity index (χ4v) is 2.61. The number of hydrogen-bond donors (Lipinski definition) is 1. The third kappa shape index (κ3) is 3.73. The maximum absolute atomic E-state index is 4.59. The van der Waals surface area contributed by atoms with E-state index in [1.165, 1.54) is 16.8 Å². The molecule has 21 heavy (non-hydrogen) atoms. The maximum Gasteiger partial charge on any atom is 0.0748 e. The van der Waals surface area contributed by atoms with Gasteiger partial charge in [0.05, 0.1) is 17.4 Å². The molecule has 0 bridgehead atoms. The van der Waals surface area contributed by atoms with E-state index in [1.807, 2.05) is 11.7 Å². The summed E-state index contributed by atoms with van der Waals surface area (Å²) in [5.74, 6) is 0. The molecule has 114 valence electrons. The predicted octanol–water partition coefficient (Wildman–Crippen LogP) is 3.63. The van der Waals surface area contributed by atoms with Crippen LogP contribution in [0, 0.1) is 0 Å². The Labute approximate surface area is 128 Å². The van der Waals surface area contributed by atoms with Crippen molar-refractivity contribution in [1.29, 1.82) is 0 Å². The number of aryl methyl sites for hydroxylation is 3. The second-order valence-corrected chi connectivity index (χ2v) is 5.52. The molecule has 1 aromatic carbocycles. The molecular weight excluding hydrogens is 258 g/mol. The topological polar surface area (TPSA) is 29.9 Å². The van der Waals surface area contributed by atoms with E-state index in [4.69, 9.17) is 0 Å². The van der Waals surface area contributed by atoms with Gasteiger partial charge in [-0.05, 0) is 43.0 Å². The number of hydrogen-bond acceptors (Lipinski definition) is 2. The fourth-order valence-electron chi connectivity index (χ4n) is 2.61. The second kappa shape index (κ2) is 7.41. The van der Waals surface area contributed by atoms with Crippen LogP contribution in [0.4, 0.5) is 0 Å². The molecule has 1 unspecified atom stereocenters. The Kier molecular flexibility index (Phi) is 5.57. The van der Waals surface area contributed by atoms with Crippen LogP contribution in [0.2, 0.25) is 0 Å². The van der Waals surface area contributed by atoms with E-state index in [9.17, 15) is 0 Å². The van der Waals surface area contributed by atoms with Crippen LogP contribution < -0.4 is 5.32 Å². The maximum atomic E-state index is 4.59. The third-order valence-corrected chi connectivity index (χ3v) is 3.94. The lowest BCUT2D eigenvalue weighted by molar-refractivity contribution is 0.553. The van der Waals surface area contributed by atoms with Gasteiger partial charge in [-0.2, -0.15) is 5.10 Å². The van der Waals surface area contributed by atoms with Gasteiger partial charge in [-0.1, -0.05) is 45.0 Å². The van der Waals surface area contributed by atoms with Gasteiger partial charge in [0, 0.05) is 7.05 Å². The van der Waals surface area contributed by atoms with Crippen molar-refractivity contribution in [1.82, 2.24) is 15.1 Å². The van der Waals surface area contributed by atoms with Gasteiger partial charge in [-0.3, -0.25) is 4.68 Å². The molecular formula is C18H27N3. The van der Waals surface area contributed by atoms with Crippen molar-refractivity contribution in [3.63, 3.8) is 0 Å². The van der Waals surface area contributed by atoms with Crippen LogP contribution in [0.5, 0.6) is 0 Å². The summed E-state index contributed by atoms with van der Waals surface area (Å²) in [6.45, 7) is 7.55. The van der Waals surface area contributed by atoms with Crippen LogP contribution in [0.15, 0.2) is 30.3 Å². The van der Waals surface area contributed by atoms with Crippen molar-refractivity contribution < 1.29 is 0 Å². The van der Waals surface area contributed by atoms with Crippen LogP contribution in [0.1, 0.15) is 55.7 Å². The summed E-state index contributed by atoms with van der Waals surface area (Å²) in [6, 6.07) is 11.4. The second-order valence-electron chi connectivity index (χ2n) is 5.52. The molecule has 0 spiro atoms. The number of rotatable bonds is 7. The molecule has 0 aliphatic rings. The lowest BCUT2D eigenvalue weighted by Crippen LogP contribution is -2.25. The molecule has 3 heteroatoms. The quantitative estimate of drug-likeness (QED) is 0.842. The van der Waals surface area contributed by atoms with Gasteiger partial charge in [0.1, 0.15) is 0 Å².